The van der Waals surface area contributed by atoms with Crippen LogP contribution in [0.25, 0.3) is 0 Å². The fraction of sp³-hybridized carbons (Fsp3) is 0.500. The van der Waals surface area contributed by atoms with Crippen LogP contribution in [0.15, 0.2) is 22.7 Å². The molecular formula is C12H14BrN. The normalized spacial score (nSPS) is 29.8. The molecule has 1 nitrogen and oxygen atoms in total. The molecule has 1 aliphatic heterocycles. The summed E-state index contributed by atoms with van der Waals surface area (Å²) in [6.07, 6.45) is 3.92. The van der Waals surface area contributed by atoms with Crippen LogP contribution in [0.2, 0.25) is 0 Å². The monoisotopic (exact) mass is 251 g/mol. The summed E-state index contributed by atoms with van der Waals surface area (Å²) >= 11 is 3.54. The standard InChI is InChI=1S/C12H14BrN/c13-9-3-4-10-8(6-9)7-12-11(10)2-1-5-14-12/h3-4,6,11-12,14H,1-2,5,7H2/t11-,12+/m1/s1. The number of nitrogens with one attached hydrogen (secondary N) is 1. The number of rotatable bonds is 0. The van der Waals surface area contributed by atoms with Gasteiger partial charge in [0.05, 0.1) is 0 Å². The first-order chi connectivity index (χ1) is 6.84. The van der Waals surface area contributed by atoms with Crippen LogP contribution >= 0.6 is 15.9 Å². The van der Waals surface area contributed by atoms with Crippen LogP contribution in [0, 0.1) is 0 Å². The second-order valence-electron chi connectivity index (χ2n) is 4.36. The first-order valence-electron chi connectivity index (χ1n) is 5.36. The third-order valence-electron chi connectivity index (χ3n) is 3.53. The van der Waals surface area contributed by atoms with Gasteiger partial charge in [-0.2, -0.15) is 0 Å². The van der Waals surface area contributed by atoms with Gasteiger partial charge in [-0.15, -0.1) is 0 Å². The Bertz CT molecular complexity index is 361. The average molecular weight is 252 g/mol. The van der Waals surface area contributed by atoms with Crippen molar-refractivity contribution in [3.8, 4) is 0 Å². The van der Waals surface area contributed by atoms with Crippen LogP contribution in [0.4, 0.5) is 0 Å². The van der Waals surface area contributed by atoms with Crippen LogP contribution in [0.5, 0.6) is 0 Å². The molecule has 2 heteroatoms. The summed E-state index contributed by atoms with van der Waals surface area (Å²) in [5.74, 6) is 0.784. The lowest BCUT2D eigenvalue weighted by molar-refractivity contribution is 0.372. The molecule has 0 aromatic heterocycles. The minimum atomic E-state index is 0.716. The van der Waals surface area contributed by atoms with Gasteiger partial charge in [-0.05, 0) is 55.0 Å². The van der Waals surface area contributed by atoms with Crippen molar-refractivity contribution in [3.05, 3.63) is 33.8 Å². The molecule has 0 saturated carbocycles. The molecule has 0 amide bonds. The summed E-state index contributed by atoms with van der Waals surface area (Å²) in [5, 5.41) is 3.63. The topological polar surface area (TPSA) is 12.0 Å². The number of fused-ring (bicyclic) bond motifs is 3. The van der Waals surface area contributed by atoms with E-state index in [0.717, 1.165) is 5.92 Å². The predicted molar refractivity (Wildman–Crippen MR) is 61.6 cm³/mol. The highest BCUT2D eigenvalue weighted by atomic mass is 79.9. The Morgan fingerprint density at radius 3 is 3.21 bits per heavy atom. The minimum absolute atomic E-state index is 0.716. The van der Waals surface area contributed by atoms with Crippen LogP contribution in [-0.2, 0) is 6.42 Å². The van der Waals surface area contributed by atoms with Gasteiger partial charge < -0.3 is 5.32 Å². The number of piperidine rings is 1. The molecule has 1 aromatic rings. The van der Waals surface area contributed by atoms with Gasteiger partial charge in [-0.25, -0.2) is 0 Å². The summed E-state index contributed by atoms with van der Waals surface area (Å²) in [5.41, 5.74) is 3.13. The van der Waals surface area contributed by atoms with Crippen molar-refractivity contribution >= 4 is 15.9 Å². The highest BCUT2D eigenvalue weighted by molar-refractivity contribution is 9.10. The number of halogens is 1. The van der Waals surface area contributed by atoms with Crippen LogP contribution < -0.4 is 5.32 Å². The van der Waals surface area contributed by atoms with Gasteiger partial charge in [0.2, 0.25) is 0 Å². The SMILES string of the molecule is Brc1ccc2c(c1)C[C@@H]1NCCC[C@H]21. The molecule has 0 radical (unpaired) electrons. The lowest BCUT2D eigenvalue weighted by Gasteiger charge is -2.26. The van der Waals surface area contributed by atoms with Gasteiger partial charge in [0.1, 0.15) is 0 Å². The van der Waals surface area contributed by atoms with E-state index in [1.807, 2.05) is 0 Å². The second-order valence-corrected chi connectivity index (χ2v) is 5.27. The Labute approximate surface area is 93.0 Å². The zero-order chi connectivity index (χ0) is 9.54. The lowest BCUT2D eigenvalue weighted by atomic mass is 9.90. The van der Waals surface area contributed by atoms with Crippen molar-refractivity contribution in [2.24, 2.45) is 0 Å². The van der Waals surface area contributed by atoms with Gasteiger partial charge in [-0.1, -0.05) is 22.0 Å². The molecule has 2 atom stereocenters. The molecule has 74 valence electrons. The number of hydrogen-bond donors (Lipinski definition) is 1. The summed E-state index contributed by atoms with van der Waals surface area (Å²) in [7, 11) is 0. The van der Waals surface area contributed by atoms with E-state index in [0.29, 0.717) is 6.04 Å². The average Bonchev–Trinajstić information content (AvgIpc) is 2.54. The Hall–Kier alpha value is -0.340. The Kier molecular flexibility index (Phi) is 2.14. The molecule has 0 spiro atoms. The van der Waals surface area contributed by atoms with Crippen LogP contribution in [0.3, 0.4) is 0 Å². The van der Waals surface area contributed by atoms with Crippen molar-refractivity contribution in [2.75, 3.05) is 6.54 Å². The molecule has 1 aromatic carbocycles. The fourth-order valence-electron chi connectivity index (χ4n) is 2.89. The fourth-order valence-corrected chi connectivity index (χ4v) is 3.30. The third kappa shape index (κ3) is 1.32. The maximum atomic E-state index is 3.63. The zero-order valence-corrected chi connectivity index (χ0v) is 9.68. The van der Waals surface area contributed by atoms with Crippen LogP contribution in [0.1, 0.15) is 29.9 Å². The zero-order valence-electron chi connectivity index (χ0n) is 8.09. The van der Waals surface area contributed by atoms with E-state index in [1.54, 1.807) is 11.1 Å². The summed E-state index contributed by atoms with van der Waals surface area (Å²) in [6, 6.07) is 7.48. The molecule has 0 bridgehead atoms. The van der Waals surface area contributed by atoms with Crippen molar-refractivity contribution in [1.82, 2.24) is 5.32 Å². The van der Waals surface area contributed by atoms with Crippen molar-refractivity contribution in [1.29, 1.82) is 0 Å². The smallest absolute Gasteiger partial charge is 0.0178 e. The molecule has 1 aliphatic carbocycles. The summed E-state index contributed by atoms with van der Waals surface area (Å²) in [6.45, 7) is 1.20. The van der Waals surface area contributed by atoms with Crippen molar-refractivity contribution in [2.45, 2.75) is 31.2 Å². The number of benzene rings is 1. The molecule has 1 N–H and O–H groups in total. The molecule has 0 unspecified atom stereocenters. The van der Waals surface area contributed by atoms with Gasteiger partial charge in [0.15, 0.2) is 0 Å². The van der Waals surface area contributed by atoms with Crippen molar-refractivity contribution < 1.29 is 0 Å². The highest BCUT2D eigenvalue weighted by Crippen LogP contribution is 2.39. The molecule has 1 saturated heterocycles. The van der Waals surface area contributed by atoms with Gasteiger partial charge in [-0.3, -0.25) is 0 Å². The van der Waals surface area contributed by atoms with E-state index in [-0.39, 0.29) is 0 Å². The summed E-state index contributed by atoms with van der Waals surface area (Å²) in [4.78, 5) is 0. The molecule has 1 heterocycles. The maximum Gasteiger partial charge on any atom is 0.0178 e. The predicted octanol–water partition coefficient (Wildman–Crippen LogP) is 2.84. The van der Waals surface area contributed by atoms with E-state index in [2.05, 4.69) is 39.4 Å². The minimum Gasteiger partial charge on any atom is -0.313 e. The summed E-state index contributed by atoms with van der Waals surface area (Å²) < 4.78 is 1.22. The van der Waals surface area contributed by atoms with Crippen LogP contribution in [-0.4, -0.2) is 12.6 Å². The molecule has 1 fully saturated rings. The molecule has 2 aliphatic rings. The van der Waals surface area contributed by atoms with Gasteiger partial charge in [0, 0.05) is 10.5 Å². The number of hydrogen-bond acceptors (Lipinski definition) is 1. The van der Waals surface area contributed by atoms with Gasteiger partial charge >= 0.3 is 0 Å². The molecule has 14 heavy (non-hydrogen) atoms. The first kappa shape index (κ1) is 8.93. The van der Waals surface area contributed by atoms with E-state index in [4.69, 9.17) is 0 Å². The van der Waals surface area contributed by atoms with E-state index >= 15 is 0 Å². The van der Waals surface area contributed by atoms with E-state index in [9.17, 15) is 0 Å². The Morgan fingerprint density at radius 1 is 1.36 bits per heavy atom. The third-order valence-corrected chi connectivity index (χ3v) is 4.02. The van der Waals surface area contributed by atoms with E-state index in [1.165, 1.54) is 30.3 Å². The molecule has 3 rings (SSSR count). The lowest BCUT2D eigenvalue weighted by Crippen LogP contribution is -2.37. The first-order valence-corrected chi connectivity index (χ1v) is 6.15. The largest absolute Gasteiger partial charge is 0.313 e. The molecular weight excluding hydrogens is 238 g/mol. The quantitative estimate of drug-likeness (QED) is 0.748. The van der Waals surface area contributed by atoms with Crippen molar-refractivity contribution in [3.63, 3.8) is 0 Å². The van der Waals surface area contributed by atoms with E-state index < -0.39 is 0 Å². The van der Waals surface area contributed by atoms with Gasteiger partial charge in [0.25, 0.3) is 0 Å². The Balaban J connectivity index is 2.01. The maximum absolute atomic E-state index is 3.63. The highest BCUT2D eigenvalue weighted by Gasteiger charge is 2.33. The second kappa shape index (κ2) is 3.35. The Morgan fingerprint density at radius 2 is 2.29 bits per heavy atom.